The van der Waals surface area contributed by atoms with Crippen LogP contribution in [0.25, 0.3) is 0 Å². The molecule has 1 rings (SSSR count). The SMILES string of the molecule is CCCCN(C)C(=O)N1CCC(C)(C(=O)O)CC1. The zero-order valence-electron chi connectivity index (χ0n) is 11.6. The lowest BCUT2D eigenvalue weighted by atomic mass is 9.80. The van der Waals surface area contributed by atoms with Gasteiger partial charge in [-0.2, -0.15) is 0 Å². The van der Waals surface area contributed by atoms with Crippen molar-refractivity contribution in [3.05, 3.63) is 0 Å². The number of hydrogen-bond acceptors (Lipinski definition) is 2. The molecule has 1 heterocycles. The van der Waals surface area contributed by atoms with Crippen LogP contribution in [0.5, 0.6) is 0 Å². The van der Waals surface area contributed by atoms with E-state index in [1.54, 1.807) is 16.7 Å². The van der Waals surface area contributed by atoms with Gasteiger partial charge in [0.25, 0.3) is 0 Å². The van der Waals surface area contributed by atoms with Gasteiger partial charge in [0, 0.05) is 26.7 Å². The second-order valence-electron chi connectivity index (χ2n) is 5.41. The van der Waals surface area contributed by atoms with Gasteiger partial charge < -0.3 is 14.9 Å². The lowest BCUT2D eigenvalue weighted by Gasteiger charge is -2.38. The van der Waals surface area contributed by atoms with E-state index in [0.29, 0.717) is 25.9 Å². The van der Waals surface area contributed by atoms with Crippen LogP contribution in [0.15, 0.2) is 0 Å². The summed E-state index contributed by atoms with van der Waals surface area (Å²) in [4.78, 5) is 26.7. The zero-order chi connectivity index (χ0) is 13.8. The fourth-order valence-corrected chi connectivity index (χ4v) is 2.14. The lowest BCUT2D eigenvalue weighted by molar-refractivity contribution is -0.150. The maximum absolute atomic E-state index is 12.1. The Morgan fingerprint density at radius 2 is 1.89 bits per heavy atom. The molecular weight excluding hydrogens is 232 g/mol. The number of nitrogens with zero attached hydrogens (tertiary/aromatic N) is 2. The van der Waals surface area contributed by atoms with E-state index in [0.717, 1.165) is 19.4 Å². The van der Waals surface area contributed by atoms with Crippen LogP contribution in [-0.2, 0) is 4.79 Å². The largest absolute Gasteiger partial charge is 0.481 e. The minimum atomic E-state index is -0.756. The molecule has 0 aliphatic carbocycles. The number of aliphatic carboxylic acids is 1. The number of carboxylic acid groups (broad SMARTS) is 1. The van der Waals surface area contributed by atoms with E-state index >= 15 is 0 Å². The van der Waals surface area contributed by atoms with Crippen LogP contribution in [0.3, 0.4) is 0 Å². The molecule has 0 saturated carbocycles. The Hall–Kier alpha value is -1.26. The number of hydrogen-bond donors (Lipinski definition) is 1. The number of carboxylic acids is 1. The summed E-state index contributed by atoms with van der Waals surface area (Å²) in [6.07, 6.45) is 3.14. The molecule has 0 unspecified atom stereocenters. The molecule has 0 radical (unpaired) electrons. The summed E-state index contributed by atoms with van der Waals surface area (Å²) < 4.78 is 0. The molecule has 0 spiro atoms. The van der Waals surface area contributed by atoms with Crippen molar-refractivity contribution in [1.82, 2.24) is 9.80 Å². The van der Waals surface area contributed by atoms with Crippen molar-refractivity contribution in [2.24, 2.45) is 5.41 Å². The van der Waals surface area contributed by atoms with Crippen LogP contribution in [0.2, 0.25) is 0 Å². The summed E-state index contributed by atoms with van der Waals surface area (Å²) in [7, 11) is 1.81. The molecule has 1 aliphatic rings. The van der Waals surface area contributed by atoms with Gasteiger partial charge in [-0.15, -0.1) is 0 Å². The number of amides is 2. The summed E-state index contributed by atoms with van der Waals surface area (Å²) in [5.74, 6) is -0.756. The average Bonchev–Trinajstić information content (AvgIpc) is 2.35. The molecule has 0 aromatic rings. The third-order valence-electron chi connectivity index (χ3n) is 3.83. The third-order valence-corrected chi connectivity index (χ3v) is 3.83. The van der Waals surface area contributed by atoms with Gasteiger partial charge in [-0.3, -0.25) is 4.79 Å². The van der Waals surface area contributed by atoms with E-state index in [4.69, 9.17) is 5.11 Å². The van der Waals surface area contributed by atoms with Crippen molar-refractivity contribution in [3.63, 3.8) is 0 Å². The summed E-state index contributed by atoms with van der Waals surface area (Å²) in [6, 6.07) is 0.0240. The number of likely N-dealkylation sites (tertiary alicyclic amines) is 1. The molecule has 5 heteroatoms. The van der Waals surface area contributed by atoms with Crippen molar-refractivity contribution in [2.45, 2.75) is 39.5 Å². The standard InChI is InChI=1S/C13H24N2O3/c1-4-5-8-14(3)12(18)15-9-6-13(2,7-10-15)11(16)17/h4-10H2,1-3H3,(H,16,17). The molecule has 104 valence electrons. The van der Waals surface area contributed by atoms with Crippen molar-refractivity contribution < 1.29 is 14.7 Å². The van der Waals surface area contributed by atoms with Crippen molar-refractivity contribution in [2.75, 3.05) is 26.7 Å². The zero-order valence-corrected chi connectivity index (χ0v) is 11.6. The Morgan fingerprint density at radius 3 is 2.33 bits per heavy atom. The highest BCUT2D eigenvalue weighted by Crippen LogP contribution is 2.31. The molecule has 0 bridgehead atoms. The maximum Gasteiger partial charge on any atom is 0.319 e. The van der Waals surface area contributed by atoms with Crippen LogP contribution in [0.4, 0.5) is 4.79 Å². The predicted molar refractivity (Wildman–Crippen MR) is 69.5 cm³/mol. The van der Waals surface area contributed by atoms with Gasteiger partial charge in [0.1, 0.15) is 0 Å². The third kappa shape index (κ3) is 3.37. The Bertz CT molecular complexity index is 309. The molecule has 0 aromatic heterocycles. The molecule has 5 nitrogen and oxygen atoms in total. The van der Waals surface area contributed by atoms with E-state index in [2.05, 4.69) is 6.92 Å². The maximum atomic E-state index is 12.1. The molecule has 1 fully saturated rings. The van der Waals surface area contributed by atoms with E-state index in [9.17, 15) is 9.59 Å². The first-order chi connectivity index (χ1) is 8.40. The van der Waals surface area contributed by atoms with Gasteiger partial charge in [0.05, 0.1) is 5.41 Å². The highest BCUT2D eigenvalue weighted by Gasteiger charge is 2.38. The van der Waals surface area contributed by atoms with E-state index in [1.165, 1.54) is 0 Å². The Kier molecular flexibility index (Phi) is 4.99. The number of urea groups is 1. The normalized spacial score (nSPS) is 18.5. The fourth-order valence-electron chi connectivity index (χ4n) is 2.14. The van der Waals surface area contributed by atoms with Gasteiger partial charge >= 0.3 is 12.0 Å². The second kappa shape index (κ2) is 6.07. The molecule has 1 N–H and O–H groups in total. The minimum Gasteiger partial charge on any atom is -0.481 e. The van der Waals surface area contributed by atoms with Crippen LogP contribution in [0, 0.1) is 5.41 Å². The smallest absolute Gasteiger partial charge is 0.319 e. The summed E-state index contributed by atoms with van der Waals surface area (Å²) >= 11 is 0. The fraction of sp³-hybridized carbons (Fsp3) is 0.846. The Balaban J connectivity index is 2.47. The highest BCUT2D eigenvalue weighted by molar-refractivity contribution is 5.76. The second-order valence-corrected chi connectivity index (χ2v) is 5.41. The predicted octanol–water partition coefficient (Wildman–Crippen LogP) is 2.03. The molecule has 18 heavy (non-hydrogen) atoms. The Labute approximate surface area is 109 Å². The number of unbranched alkanes of at least 4 members (excludes halogenated alkanes) is 1. The minimum absolute atomic E-state index is 0.0240. The molecule has 0 aromatic carbocycles. The first kappa shape index (κ1) is 14.8. The van der Waals surface area contributed by atoms with Gasteiger partial charge in [0.15, 0.2) is 0 Å². The lowest BCUT2D eigenvalue weighted by Crippen LogP contribution is -2.49. The van der Waals surface area contributed by atoms with Crippen LogP contribution in [0.1, 0.15) is 39.5 Å². The monoisotopic (exact) mass is 256 g/mol. The van der Waals surface area contributed by atoms with Gasteiger partial charge in [0.2, 0.25) is 0 Å². The average molecular weight is 256 g/mol. The van der Waals surface area contributed by atoms with Crippen LogP contribution in [-0.4, -0.2) is 53.6 Å². The van der Waals surface area contributed by atoms with E-state index in [-0.39, 0.29) is 6.03 Å². The summed E-state index contributed by atoms with van der Waals surface area (Å²) in [5.41, 5.74) is -0.668. The number of carbonyl (C=O) groups is 2. The number of piperidine rings is 1. The summed E-state index contributed by atoms with van der Waals surface area (Å²) in [5, 5.41) is 9.13. The molecular formula is C13H24N2O3. The van der Waals surface area contributed by atoms with Crippen molar-refractivity contribution in [1.29, 1.82) is 0 Å². The van der Waals surface area contributed by atoms with Crippen molar-refractivity contribution in [3.8, 4) is 0 Å². The van der Waals surface area contributed by atoms with Crippen LogP contribution < -0.4 is 0 Å². The summed E-state index contributed by atoms with van der Waals surface area (Å²) in [6.45, 7) is 5.70. The van der Waals surface area contributed by atoms with E-state index in [1.807, 2.05) is 7.05 Å². The number of carbonyl (C=O) groups excluding carboxylic acids is 1. The van der Waals surface area contributed by atoms with E-state index < -0.39 is 11.4 Å². The highest BCUT2D eigenvalue weighted by atomic mass is 16.4. The topological polar surface area (TPSA) is 60.9 Å². The molecule has 1 aliphatic heterocycles. The Morgan fingerprint density at radius 1 is 1.33 bits per heavy atom. The number of rotatable bonds is 4. The first-order valence-electron chi connectivity index (χ1n) is 6.64. The molecule has 2 amide bonds. The quantitative estimate of drug-likeness (QED) is 0.837. The van der Waals surface area contributed by atoms with Gasteiger partial charge in [-0.25, -0.2) is 4.79 Å². The van der Waals surface area contributed by atoms with Crippen LogP contribution >= 0.6 is 0 Å². The molecule has 0 atom stereocenters. The van der Waals surface area contributed by atoms with Gasteiger partial charge in [-0.1, -0.05) is 13.3 Å². The van der Waals surface area contributed by atoms with Crippen molar-refractivity contribution >= 4 is 12.0 Å². The van der Waals surface area contributed by atoms with Gasteiger partial charge in [-0.05, 0) is 26.2 Å². The molecule has 1 saturated heterocycles. The first-order valence-corrected chi connectivity index (χ1v) is 6.64.